The molecular weight excluding hydrogens is 309 g/mol. The van der Waals surface area contributed by atoms with Gasteiger partial charge in [0.1, 0.15) is 0 Å². The second-order valence-electron chi connectivity index (χ2n) is 2.81. The van der Waals surface area contributed by atoms with Crippen molar-refractivity contribution in [2.45, 2.75) is 13.0 Å². The van der Waals surface area contributed by atoms with Gasteiger partial charge in [-0.2, -0.15) is 30.3 Å². The van der Waals surface area contributed by atoms with Crippen LogP contribution in [0.15, 0.2) is 24.3 Å². The van der Waals surface area contributed by atoms with E-state index in [1.54, 1.807) is 7.11 Å². The molecule has 0 unspecified atom stereocenters. The molecule has 80 valence electrons. The molecule has 0 amide bonds. The molecule has 0 aliphatic rings. The summed E-state index contributed by atoms with van der Waals surface area (Å²) in [5.41, 5.74) is 1.19. The molecule has 0 radical (unpaired) electrons. The maximum atomic E-state index is 5.43. The fourth-order valence-electron chi connectivity index (χ4n) is 1.01. The molecule has 0 aliphatic heterocycles. The summed E-state index contributed by atoms with van der Waals surface area (Å²) >= 11 is 4.25. The SMILES string of the molecule is COCCCOCc1cc[c-]cc1.[Zn+][Br]. The van der Waals surface area contributed by atoms with E-state index in [0.29, 0.717) is 6.61 Å². The van der Waals surface area contributed by atoms with Crippen molar-refractivity contribution in [1.82, 2.24) is 0 Å². The summed E-state index contributed by atoms with van der Waals surface area (Å²) in [6.07, 6.45) is 0.954. The van der Waals surface area contributed by atoms with Crippen molar-refractivity contribution in [3.05, 3.63) is 35.9 Å². The molecule has 1 rings (SSSR count). The summed E-state index contributed by atoms with van der Waals surface area (Å²) in [5, 5.41) is 0. The Morgan fingerprint density at radius 1 is 1.27 bits per heavy atom. The summed E-state index contributed by atoms with van der Waals surface area (Å²) < 4.78 is 10.3. The molecule has 2 nitrogen and oxygen atoms in total. The average molecular weight is 325 g/mol. The van der Waals surface area contributed by atoms with Crippen LogP contribution in [0.5, 0.6) is 0 Å². The molecule has 0 bridgehead atoms. The van der Waals surface area contributed by atoms with Crippen molar-refractivity contribution in [3.63, 3.8) is 0 Å². The van der Waals surface area contributed by atoms with Gasteiger partial charge in [0, 0.05) is 26.9 Å². The van der Waals surface area contributed by atoms with E-state index in [-0.39, 0.29) is 0 Å². The molecule has 0 spiro atoms. The summed E-state index contributed by atoms with van der Waals surface area (Å²) in [4.78, 5) is 0. The second-order valence-corrected chi connectivity index (χ2v) is 2.81. The third-order valence-corrected chi connectivity index (χ3v) is 1.69. The maximum absolute atomic E-state index is 5.43. The molecular formula is C11H15BrO2Zn. The molecule has 0 fully saturated rings. The fraction of sp³-hybridized carbons (Fsp3) is 0.455. The van der Waals surface area contributed by atoms with Gasteiger partial charge in [-0.25, -0.2) is 0 Å². The molecule has 0 saturated carbocycles. The van der Waals surface area contributed by atoms with Crippen LogP contribution in [0.3, 0.4) is 0 Å². The Bertz CT molecular complexity index is 219. The van der Waals surface area contributed by atoms with E-state index in [2.05, 4.69) is 19.7 Å². The van der Waals surface area contributed by atoms with Crippen LogP contribution in [0.4, 0.5) is 0 Å². The van der Waals surface area contributed by atoms with Crippen LogP contribution in [0.1, 0.15) is 12.0 Å². The summed E-state index contributed by atoms with van der Waals surface area (Å²) in [6, 6.07) is 10.8. The molecule has 1 aromatic rings. The molecule has 0 heterocycles. The molecule has 0 aliphatic carbocycles. The van der Waals surface area contributed by atoms with Gasteiger partial charge in [0.05, 0.1) is 0 Å². The monoisotopic (exact) mass is 322 g/mol. The van der Waals surface area contributed by atoms with E-state index in [1.165, 1.54) is 21.9 Å². The fourth-order valence-corrected chi connectivity index (χ4v) is 1.01. The van der Waals surface area contributed by atoms with Crippen LogP contribution in [0.25, 0.3) is 0 Å². The minimum absolute atomic E-state index is 0.679. The van der Waals surface area contributed by atoms with E-state index in [1.807, 2.05) is 24.3 Å². The number of rotatable bonds is 6. The van der Waals surface area contributed by atoms with Crippen molar-refractivity contribution >= 4 is 13.6 Å². The molecule has 0 N–H and O–H groups in total. The quantitative estimate of drug-likeness (QED) is 0.455. The summed E-state index contributed by atoms with van der Waals surface area (Å²) in [5.74, 6) is 0. The zero-order chi connectivity index (χ0) is 11.4. The van der Waals surface area contributed by atoms with Crippen LogP contribution in [0.2, 0.25) is 0 Å². The zero-order valence-electron chi connectivity index (χ0n) is 9.04. The molecule has 0 atom stereocenters. The molecule has 15 heavy (non-hydrogen) atoms. The van der Waals surface area contributed by atoms with Gasteiger partial charge in [0.25, 0.3) is 0 Å². The molecule has 0 aromatic heterocycles. The predicted octanol–water partition coefficient (Wildman–Crippen LogP) is 2.88. The molecule has 4 heteroatoms. The van der Waals surface area contributed by atoms with Gasteiger partial charge in [-0.1, -0.05) is 0 Å². The van der Waals surface area contributed by atoms with E-state index in [4.69, 9.17) is 9.47 Å². The third kappa shape index (κ3) is 9.19. The number of benzene rings is 1. The van der Waals surface area contributed by atoms with Gasteiger partial charge in [-0.15, -0.1) is 5.56 Å². The van der Waals surface area contributed by atoms with Crippen molar-refractivity contribution in [2.75, 3.05) is 20.3 Å². The van der Waals surface area contributed by atoms with Gasteiger partial charge in [0.2, 0.25) is 0 Å². The normalized spacial score (nSPS) is 9.33. The average Bonchev–Trinajstić information content (AvgIpc) is 2.33. The van der Waals surface area contributed by atoms with Crippen LogP contribution >= 0.6 is 13.6 Å². The third-order valence-electron chi connectivity index (χ3n) is 1.69. The second kappa shape index (κ2) is 12.3. The summed E-state index contributed by atoms with van der Waals surface area (Å²) in [6.45, 7) is 2.20. The predicted molar refractivity (Wildman–Crippen MR) is 60.4 cm³/mol. The number of ether oxygens (including phenoxy) is 2. The standard InChI is InChI=1S/C11H15O2.BrH.Zn/c1-12-8-5-9-13-10-11-6-3-2-4-7-11;;/h3-4,6-7H,5,8-10H2,1H3;1H;/q-1;;+2/p-1. The van der Waals surface area contributed by atoms with Crippen LogP contribution < -0.4 is 0 Å². The Balaban J connectivity index is 0.000000921. The van der Waals surface area contributed by atoms with Crippen molar-refractivity contribution in [3.8, 4) is 0 Å². The number of hydrogen-bond donors (Lipinski definition) is 0. The van der Waals surface area contributed by atoms with Crippen molar-refractivity contribution in [2.24, 2.45) is 0 Å². The van der Waals surface area contributed by atoms with Crippen molar-refractivity contribution < 1.29 is 25.8 Å². The van der Waals surface area contributed by atoms with E-state index < -0.39 is 0 Å². The number of halogens is 1. The minimum atomic E-state index is 0.679. The Hall–Kier alpha value is 0.243. The number of hydrogen-bond acceptors (Lipinski definition) is 2. The van der Waals surface area contributed by atoms with Crippen LogP contribution in [-0.2, 0) is 32.4 Å². The Labute approximate surface area is 108 Å². The van der Waals surface area contributed by atoms with Gasteiger partial charge < -0.3 is 9.47 Å². The first-order chi connectivity index (χ1) is 7.43. The Morgan fingerprint density at radius 2 is 1.93 bits per heavy atom. The number of methoxy groups -OCH3 is 1. The first-order valence-corrected chi connectivity index (χ1v) is 11.7. The Kier molecular flexibility index (Phi) is 12.5. The van der Waals surface area contributed by atoms with Gasteiger partial charge in [-0.05, 0) is 6.42 Å². The first-order valence-electron chi connectivity index (χ1n) is 4.72. The van der Waals surface area contributed by atoms with Crippen molar-refractivity contribution in [1.29, 1.82) is 0 Å². The van der Waals surface area contributed by atoms with E-state index in [9.17, 15) is 0 Å². The van der Waals surface area contributed by atoms with Gasteiger partial charge >= 0.3 is 30.0 Å². The molecule has 0 saturated heterocycles. The van der Waals surface area contributed by atoms with Crippen LogP contribution in [-0.4, -0.2) is 20.3 Å². The van der Waals surface area contributed by atoms with Crippen LogP contribution in [0, 0.1) is 6.07 Å². The summed E-state index contributed by atoms with van der Waals surface area (Å²) in [7, 11) is 1.70. The topological polar surface area (TPSA) is 18.5 Å². The Morgan fingerprint density at radius 3 is 2.53 bits per heavy atom. The van der Waals surface area contributed by atoms with Gasteiger partial charge in [-0.3, -0.25) is 0 Å². The molecule has 1 aromatic carbocycles. The zero-order valence-corrected chi connectivity index (χ0v) is 13.6. The van der Waals surface area contributed by atoms with E-state index >= 15 is 0 Å². The van der Waals surface area contributed by atoms with Gasteiger partial charge in [0.15, 0.2) is 0 Å². The first kappa shape index (κ1) is 15.2. The van der Waals surface area contributed by atoms with E-state index in [0.717, 1.165) is 19.6 Å².